The molecule has 2 aromatic rings. The molecule has 0 aliphatic carbocycles. The monoisotopic (exact) mass is 216 g/mol. The van der Waals surface area contributed by atoms with E-state index in [-0.39, 0.29) is 5.91 Å². The van der Waals surface area contributed by atoms with Gasteiger partial charge in [-0.05, 0) is 12.1 Å². The number of nitrogens with one attached hydrogen (secondary N) is 1. The third-order valence-corrected chi connectivity index (χ3v) is 2.11. The molecule has 5 heteroatoms. The molecule has 1 aromatic carbocycles. The molecule has 0 aliphatic heterocycles. The van der Waals surface area contributed by atoms with Crippen molar-refractivity contribution < 1.29 is 4.79 Å². The van der Waals surface area contributed by atoms with Crippen LogP contribution in [0, 0.1) is 0 Å². The van der Waals surface area contributed by atoms with Crippen molar-refractivity contribution in [1.29, 1.82) is 0 Å². The van der Waals surface area contributed by atoms with Crippen molar-refractivity contribution in [2.24, 2.45) is 5.73 Å². The van der Waals surface area contributed by atoms with Crippen LogP contribution in [0.2, 0.25) is 0 Å². The van der Waals surface area contributed by atoms with Gasteiger partial charge in [0, 0.05) is 13.1 Å². The van der Waals surface area contributed by atoms with Crippen LogP contribution in [0.4, 0.5) is 0 Å². The Morgan fingerprint density at radius 3 is 2.81 bits per heavy atom. The maximum absolute atomic E-state index is 11.6. The molecule has 1 aromatic heterocycles. The maximum atomic E-state index is 11.6. The second-order valence-electron chi connectivity index (χ2n) is 3.29. The Labute approximate surface area is 92.7 Å². The molecule has 0 saturated carbocycles. The lowest BCUT2D eigenvalue weighted by atomic mass is 10.3. The molecule has 1 amide bonds. The lowest BCUT2D eigenvalue weighted by Crippen LogP contribution is -2.29. The van der Waals surface area contributed by atoms with Gasteiger partial charge in [-0.15, -0.1) is 0 Å². The summed E-state index contributed by atoms with van der Waals surface area (Å²) >= 11 is 0. The van der Waals surface area contributed by atoms with Gasteiger partial charge >= 0.3 is 0 Å². The zero-order valence-electron chi connectivity index (χ0n) is 8.68. The number of benzene rings is 1. The zero-order chi connectivity index (χ0) is 11.4. The second-order valence-corrected chi connectivity index (χ2v) is 3.29. The number of para-hydroxylation sites is 2. The van der Waals surface area contributed by atoms with E-state index in [0.717, 1.165) is 5.52 Å². The summed E-state index contributed by atoms with van der Waals surface area (Å²) in [6.07, 6.45) is 1.47. The van der Waals surface area contributed by atoms with Gasteiger partial charge < -0.3 is 11.1 Å². The molecule has 3 N–H and O–H groups in total. The first-order chi connectivity index (χ1) is 7.81. The lowest BCUT2D eigenvalue weighted by molar-refractivity contribution is 0.0950. The summed E-state index contributed by atoms with van der Waals surface area (Å²) in [5.74, 6) is -0.247. The number of hydrogen-bond acceptors (Lipinski definition) is 4. The third kappa shape index (κ3) is 2.14. The Morgan fingerprint density at radius 2 is 2.06 bits per heavy atom. The Bertz CT molecular complexity index is 512. The number of hydrogen-bond donors (Lipinski definition) is 2. The van der Waals surface area contributed by atoms with Gasteiger partial charge in [0.05, 0.1) is 17.2 Å². The van der Waals surface area contributed by atoms with Gasteiger partial charge in [0.25, 0.3) is 5.91 Å². The molecule has 0 unspecified atom stereocenters. The number of carbonyl (C=O) groups is 1. The van der Waals surface area contributed by atoms with Crippen LogP contribution in [-0.4, -0.2) is 29.0 Å². The van der Waals surface area contributed by atoms with Crippen molar-refractivity contribution in [1.82, 2.24) is 15.3 Å². The number of amides is 1. The van der Waals surface area contributed by atoms with Crippen LogP contribution in [0.3, 0.4) is 0 Å². The minimum atomic E-state index is -0.247. The van der Waals surface area contributed by atoms with Crippen LogP contribution < -0.4 is 11.1 Å². The molecule has 1 heterocycles. The number of aromatic nitrogens is 2. The first kappa shape index (κ1) is 10.5. The molecule has 0 fully saturated rings. The largest absolute Gasteiger partial charge is 0.349 e. The van der Waals surface area contributed by atoms with Gasteiger partial charge in [-0.2, -0.15) is 0 Å². The van der Waals surface area contributed by atoms with Crippen molar-refractivity contribution in [3.63, 3.8) is 0 Å². The number of nitrogens with two attached hydrogens (primary N) is 1. The van der Waals surface area contributed by atoms with Crippen molar-refractivity contribution in [2.45, 2.75) is 0 Å². The highest BCUT2D eigenvalue weighted by Gasteiger charge is 2.07. The van der Waals surface area contributed by atoms with E-state index in [1.54, 1.807) is 0 Å². The molecule has 82 valence electrons. The van der Waals surface area contributed by atoms with Crippen LogP contribution in [0.15, 0.2) is 30.5 Å². The van der Waals surface area contributed by atoms with E-state index in [0.29, 0.717) is 24.3 Å². The summed E-state index contributed by atoms with van der Waals surface area (Å²) in [7, 11) is 0. The number of fused-ring (bicyclic) bond motifs is 1. The predicted octanol–water partition coefficient (Wildman–Crippen LogP) is 0.318. The van der Waals surface area contributed by atoms with Crippen molar-refractivity contribution in [3.8, 4) is 0 Å². The Morgan fingerprint density at radius 1 is 1.31 bits per heavy atom. The average molecular weight is 216 g/mol. The molecule has 16 heavy (non-hydrogen) atoms. The van der Waals surface area contributed by atoms with Gasteiger partial charge in [-0.1, -0.05) is 12.1 Å². The summed E-state index contributed by atoms with van der Waals surface area (Å²) in [5.41, 5.74) is 7.09. The molecule has 0 bridgehead atoms. The van der Waals surface area contributed by atoms with E-state index in [9.17, 15) is 4.79 Å². The van der Waals surface area contributed by atoms with Crippen LogP contribution in [-0.2, 0) is 0 Å². The molecule has 0 aliphatic rings. The molecule has 0 radical (unpaired) electrons. The van der Waals surface area contributed by atoms with E-state index in [1.165, 1.54) is 6.20 Å². The van der Waals surface area contributed by atoms with Gasteiger partial charge in [-0.25, -0.2) is 4.98 Å². The first-order valence-electron chi connectivity index (χ1n) is 5.01. The number of carbonyl (C=O) groups excluding carboxylic acids is 1. The van der Waals surface area contributed by atoms with E-state index in [4.69, 9.17) is 5.73 Å². The van der Waals surface area contributed by atoms with Crippen molar-refractivity contribution in [2.75, 3.05) is 13.1 Å². The fourth-order valence-electron chi connectivity index (χ4n) is 1.34. The van der Waals surface area contributed by atoms with Crippen LogP contribution in [0.5, 0.6) is 0 Å². The summed E-state index contributed by atoms with van der Waals surface area (Å²) in [6, 6.07) is 7.41. The predicted molar refractivity (Wildman–Crippen MR) is 60.9 cm³/mol. The van der Waals surface area contributed by atoms with Crippen LogP contribution >= 0.6 is 0 Å². The highest BCUT2D eigenvalue weighted by Crippen LogP contribution is 2.08. The van der Waals surface area contributed by atoms with Crippen LogP contribution in [0.25, 0.3) is 11.0 Å². The smallest absolute Gasteiger partial charge is 0.271 e. The van der Waals surface area contributed by atoms with Gasteiger partial charge in [0.15, 0.2) is 0 Å². The minimum Gasteiger partial charge on any atom is -0.349 e. The minimum absolute atomic E-state index is 0.247. The summed E-state index contributed by atoms with van der Waals surface area (Å²) in [4.78, 5) is 19.9. The lowest BCUT2D eigenvalue weighted by Gasteiger charge is -2.03. The van der Waals surface area contributed by atoms with E-state index in [1.807, 2.05) is 24.3 Å². The fourth-order valence-corrected chi connectivity index (χ4v) is 1.34. The number of nitrogens with zero attached hydrogens (tertiary/aromatic N) is 2. The van der Waals surface area contributed by atoms with E-state index < -0.39 is 0 Å². The van der Waals surface area contributed by atoms with Gasteiger partial charge in [-0.3, -0.25) is 9.78 Å². The van der Waals surface area contributed by atoms with E-state index >= 15 is 0 Å². The Hall–Kier alpha value is -2.01. The molecule has 0 spiro atoms. The van der Waals surface area contributed by atoms with Crippen LogP contribution in [0.1, 0.15) is 10.5 Å². The SMILES string of the molecule is NCCNC(=O)c1cnc2ccccc2n1. The van der Waals surface area contributed by atoms with Gasteiger partial charge in [0.1, 0.15) is 5.69 Å². The average Bonchev–Trinajstić information content (AvgIpc) is 2.35. The summed E-state index contributed by atoms with van der Waals surface area (Å²) in [6.45, 7) is 0.847. The molecule has 0 saturated heterocycles. The Balaban J connectivity index is 2.28. The molecule has 5 nitrogen and oxygen atoms in total. The summed E-state index contributed by atoms with van der Waals surface area (Å²) in [5, 5.41) is 2.65. The standard InChI is InChI=1S/C11H12N4O/c12-5-6-13-11(16)10-7-14-8-3-1-2-4-9(8)15-10/h1-4,7H,5-6,12H2,(H,13,16). The maximum Gasteiger partial charge on any atom is 0.271 e. The molecule has 0 atom stereocenters. The van der Waals surface area contributed by atoms with Gasteiger partial charge in [0.2, 0.25) is 0 Å². The normalized spacial score (nSPS) is 10.3. The molecular formula is C11H12N4O. The molecule has 2 rings (SSSR count). The topological polar surface area (TPSA) is 80.9 Å². The van der Waals surface area contributed by atoms with Crippen molar-refractivity contribution >= 4 is 16.9 Å². The Kier molecular flexibility index (Phi) is 3.07. The highest BCUT2D eigenvalue weighted by molar-refractivity contribution is 5.93. The third-order valence-electron chi connectivity index (χ3n) is 2.11. The summed E-state index contributed by atoms with van der Waals surface area (Å²) < 4.78 is 0. The second kappa shape index (κ2) is 4.67. The number of rotatable bonds is 3. The highest BCUT2D eigenvalue weighted by atomic mass is 16.1. The first-order valence-corrected chi connectivity index (χ1v) is 5.01. The fraction of sp³-hybridized carbons (Fsp3) is 0.182. The van der Waals surface area contributed by atoms with Crippen molar-refractivity contribution in [3.05, 3.63) is 36.2 Å². The quantitative estimate of drug-likeness (QED) is 0.774. The zero-order valence-corrected chi connectivity index (χ0v) is 8.68. The van der Waals surface area contributed by atoms with E-state index in [2.05, 4.69) is 15.3 Å². The molecular weight excluding hydrogens is 204 g/mol.